The Hall–Kier alpha value is -1.07. The van der Waals surface area contributed by atoms with Crippen molar-refractivity contribution in [2.75, 3.05) is 11.9 Å². The van der Waals surface area contributed by atoms with E-state index in [4.69, 9.17) is 0 Å². The summed E-state index contributed by atoms with van der Waals surface area (Å²) in [5, 5.41) is 11.7. The summed E-state index contributed by atoms with van der Waals surface area (Å²) < 4.78 is 1.03. The third-order valence-electron chi connectivity index (χ3n) is 2.01. The van der Waals surface area contributed by atoms with Crippen molar-refractivity contribution in [1.82, 2.24) is 10.2 Å². The Bertz CT molecular complexity index is 402. The number of anilines is 1. The highest BCUT2D eigenvalue weighted by Crippen LogP contribution is 2.24. The summed E-state index contributed by atoms with van der Waals surface area (Å²) in [6, 6.07) is 10.2. The van der Waals surface area contributed by atoms with Gasteiger partial charge in [0.25, 0.3) is 0 Å². The Morgan fingerprint density at radius 3 is 2.88 bits per heavy atom. The molecule has 0 amide bonds. The molecule has 5 heteroatoms. The van der Waals surface area contributed by atoms with E-state index >= 15 is 0 Å². The zero-order valence-corrected chi connectivity index (χ0v) is 10.6. The first-order chi connectivity index (χ1) is 7.84. The summed E-state index contributed by atoms with van der Waals surface area (Å²) in [5.74, 6) is 0. The van der Waals surface area contributed by atoms with Crippen LogP contribution in [0, 0.1) is 0 Å². The van der Waals surface area contributed by atoms with Crippen LogP contribution in [0.2, 0.25) is 0 Å². The first-order valence-corrected chi connectivity index (χ1v) is 6.82. The molecule has 0 aliphatic rings. The van der Waals surface area contributed by atoms with Crippen molar-refractivity contribution >= 4 is 28.8 Å². The van der Waals surface area contributed by atoms with Crippen LogP contribution < -0.4 is 5.32 Å². The number of hydrogen-bond donors (Lipinski definition) is 1. The van der Waals surface area contributed by atoms with Crippen molar-refractivity contribution in [1.29, 1.82) is 0 Å². The van der Waals surface area contributed by atoms with Crippen LogP contribution >= 0.6 is 23.1 Å². The van der Waals surface area contributed by atoms with Crippen molar-refractivity contribution in [3.63, 3.8) is 0 Å². The van der Waals surface area contributed by atoms with Crippen LogP contribution in [-0.2, 0) is 0 Å². The average Bonchev–Trinajstić information content (AvgIpc) is 2.81. The van der Waals surface area contributed by atoms with Gasteiger partial charge in [0.05, 0.1) is 0 Å². The molecule has 1 unspecified atom stereocenters. The minimum atomic E-state index is 0.480. The molecule has 1 heterocycles. The van der Waals surface area contributed by atoms with Gasteiger partial charge in [0, 0.05) is 17.5 Å². The van der Waals surface area contributed by atoms with Gasteiger partial charge in [0.2, 0.25) is 0 Å². The molecule has 16 heavy (non-hydrogen) atoms. The van der Waals surface area contributed by atoms with Gasteiger partial charge >= 0.3 is 0 Å². The normalized spacial score (nSPS) is 12.3. The van der Waals surface area contributed by atoms with Gasteiger partial charge in [-0.3, -0.25) is 0 Å². The molecule has 2 rings (SSSR count). The Balaban J connectivity index is 1.78. The Morgan fingerprint density at radius 2 is 2.19 bits per heavy atom. The van der Waals surface area contributed by atoms with Gasteiger partial charge in [-0.15, -0.1) is 10.2 Å². The molecule has 84 valence electrons. The molecule has 3 nitrogen and oxygen atoms in total. The van der Waals surface area contributed by atoms with Crippen LogP contribution in [0.1, 0.15) is 6.92 Å². The van der Waals surface area contributed by atoms with E-state index in [1.807, 2.05) is 18.2 Å². The van der Waals surface area contributed by atoms with Gasteiger partial charge in [-0.1, -0.05) is 48.2 Å². The highest BCUT2D eigenvalue weighted by molar-refractivity contribution is 8.01. The molecule has 0 saturated carbocycles. The molecule has 1 aromatic carbocycles. The van der Waals surface area contributed by atoms with Crippen LogP contribution in [0.5, 0.6) is 0 Å². The van der Waals surface area contributed by atoms with E-state index in [1.54, 1.807) is 28.6 Å². The molecule has 0 radical (unpaired) electrons. The lowest BCUT2D eigenvalue weighted by atomic mass is 10.3. The number of hydrogen-bond acceptors (Lipinski definition) is 5. The molecule has 2 aromatic rings. The molecular weight excluding hydrogens is 238 g/mol. The number of benzene rings is 1. The molecule has 0 spiro atoms. The molecule has 0 saturated heterocycles. The second-order valence-corrected chi connectivity index (χ2v) is 5.90. The Kier molecular flexibility index (Phi) is 4.18. The quantitative estimate of drug-likeness (QED) is 0.829. The van der Waals surface area contributed by atoms with Crippen molar-refractivity contribution in [2.45, 2.75) is 16.5 Å². The highest BCUT2D eigenvalue weighted by Gasteiger charge is 2.06. The predicted molar refractivity (Wildman–Crippen MR) is 70.2 cm³/mol. The summed E-state index contributed by atoms with van der Waals surface area (Å²) in [4.78, 5) is 0. The summed E-state index contributed by atoms with van der Waals surface area (Å²) in [6.07, 6.45) is 0. The van der Waals surface area contributed by atoms with Crippen molar-refractivity contribution < 1.29 is 0 Å². The predicted octanol–water partition coefficient (Wildman–Crippen LogP) is 3.13. The minimum absolute atomic E-state index is 0.480. The van der Waals surface area contributed by atoms with Gasteiger partial charge in [0.1, 0.15) is 5.51 Å². The third kappa shape index (κ3) is 3.50. The van der Waals surface area contributed by atoms with Gasteiger partial charge in [-0.05, 0) is 12.1 Å². The standard InChI is InChI=1S/C11H13N3S2/c1-9(16-11-14-13-8-15-11)7-12-10-5-3-2-4-6-10/h2-6,8-9,12H,7H2,1H3. The smallest absolute Gasteiger partial charge is 0.174 e. The second-order valence-electron chi connectivity index (χ2n) is 3.38. The van der Waals surface area contributed by atoms with E-state index in [1.165, 1.54) is 0 Å². The molecule has 0 aliphatic heterocycles. The summed E-state index contributed by atoms with van der Waals surface area (Å²) in [7, 11) is 0. The van der Waals surface area contributed by atoms with E-state index in [2.05, 4.69) is 34.6 Å². The van der Waals surface area contributed by atoms with Crippen LogP contribution in [0.25, 0.3) is 0 Å². The van der Waals surface area contributed by atoms with Crippen LogP contribution in [0.4, 0.5) is 5.69 Å². The number of nitrogens with one attached hydrogen (secondary N) is 1. The lowest BCUT2D eigenvalue weighted by Crippen LogP contribution is -2.12. The van der Waals surface area contributed by atoms with E-state index in [0.29, 0.717) is 5.25 Å². The van der Waals surface area contributed by atoms with Crippen molar-refractivity contribution in [3.05, 3.63) is 35.8 Å². The van der Waals surface area contributed by atoms with Gasteiger partial charge in [-0.2, -0.15) is 0 Å². The summed E-state index contributed by atoms with van der Waals surface area (Å²) in [6.45, 7) is 3.11. The van der Waals surface area contributed by atoms with Gasteiger partial charge in [-0.25, -0.2) is 0 Å². The Morgan fingerprint density at radius 1 is 1.38 bits per heavy atom. The van der Waals surface area contributed by atoms with E-state index in [9.17, 15) is 0 Å². The third-order valence-corrected chi connectivity index (χ3v) is 3.92. The van der Waals surface area contributed by atoms with E-state index in [-0.39, 0.29) is 0 Å². The minimum Gasteiger partial charge on any atom is -0.384 e. The largest absolute Gasteiger partial charge is 0.384 e. The lowest BCUT2D eigenvalue weighted by molar-refractivity contribution is 0.974. The number of rotatable bonds is 5. The van der Waals surface area contributed by atoms with E-state index < -0.39 is 0 Å². The maximum atomic E-state index is 4.01. The molecule has 0 fully saturated rings. The SMILES string of the molecule is CC(CNc1ccccc1)Sc1nncs1. The fraction of sp³-hybridized carbons (Fsp3) is 0.273. The zero-order chi connectivity index (χ0) is 11.2. The fourth-order valence-electron chi connectivity index (χ4n) is 1.25. The molecular formula is C11H13N3S2. The van der Waals surface area contributed by atoms with Crippen LogP contribution in [-0.4, -0.2) is 22.0 Å². The number of nitrogens with zero attached hydrogens (tertiary/aromatic N) is 2. The molecule has 1 aromatic heterocycles. The molecule has 0 aliphatic carbocycles. The maximum absolute atomic E-state index is 4.01. The average molecular weight is 251 g/mol. The van der Waals surface area contributed by atoms with Crippen LogP contribution in [0.15, 0.2) is 40.2 Å². The summed E-state index contributed by atoms with van der Waals surface area (Å²) >= 11 is 3.34. The molecule has 1 N–H and O–H groups in total. The van der Waals surface area contributed by atoms with Crippen LogP contribution in [0.3, 0.4) is 0 Å². The maximum Gasteiger partial charge on any atom is 0.174 e. The molecule has 1 atom stereocenters. The first-order valence-electron chi connectivity index (χ1n) is 5.06. The van der Waals surface area contributed by atoms with Crippen molar-refractivity contribution in [2.24, 2.45) is 0 Å². The highest BCUT2D eigenvalue weighted by atomic mass is 32.2. The first kappa shape index (κ1) is 11.4. The summed E-state index contributed by atoms with van der Waals surface area (Å²) in [5.41, 5.74) is 2.92. The lowest BCUT2D eigenvalue weighted by Gasteiger charge is -2.11. The van der Waals surface area contributed by atoms with E-state index in [0.717, 1.165) is 16.6 Å². The zero-order valence-electron chi connectivity index (χ0n) is 8.96. The number of aromatic nitrogens is 2. The second kappa shape index (κ2) is 5.86. The Labute approximate surface area is 103 Å². The van der Waals surface area contributed by atoms with Gasteiger partial charge in [0.15, 0.2) is 4.34 Å². The monoisotopic (exact) mass is 251 g/mol. The number of para-hydroxylation sites is 1. The fourth-order valence-corrected chi connectivity index (χ4v) is 2.97. The van der Waals surface area contributed by atoms with Crippen molar-refractivity contribution in [3.8, 4) is 0 Å². The molecule has 0 bridgehead atoms. The number of thioether (sulfide) groups is 1. The topological polar surface area (TPSA) is 37.8 Å². The van der Waals surface area contributed by atoms with Gasteiger partial charge < -0.3 is 5.32 Å².